The average molecular weight is 263 g/mol. The molecule has 0 saturated carbocycles. The van der Waals surface area contributed by atoms with E-state index in [2.05, 4.69) is 17.6 Å². The van der Waals surface area contributed by atoms with Crippen molar-refractivity contribution in [1.29, 1.82) is 0 Å². The molecule has 98 valence electrons. The number of Topliss-reactive ketones (excluding diaryl/α,β-unsaturated/α-hetero) is 1. The molecule has 0 radical (unpaired) electrons. The molecule has 1 aliphatic carbocycles. The minimum Gasteiger partial charge on any atom is -0.313 e. The molecule has 1 fully saturated rings. The molecule has 2 heterocycles. The summed E-state index contributed by atoms with van der Waals surface area (Å²) in [5.74, 6) is 1.43. The summed E-state index contributed by atoms with van der Waals surface area (Å²) in [5.41, 5.74) is 1.01. The number of rotatable bonds is 2. The number of hydrogen-bond acceptors (Lipinski definition) is 3. The first-order valence-corrected chi connectivity index (χ1v) is 8.01. The monoisotopic (exact) mass is 263 g/mol. The number of aryl methyl sites for hydroxylation is 1. The summed E-state index contributed by atoms with van der Waals surface area (Å²) in [7, 11) is 0. The van der Waals surface area contributed by atoms with Crippen molar-refractivity contribution in [2.24, 2.45) is 11.8 Å². The second kappa shape index (κ2) is 5.14. The fraction of sp³-hybridized carbons (Fsp3) is 0.667. The van der Waals surface area contributed by atoms with Crippen LogP contribution in [-0.2, 0) is 6.42 Å². The van der Waals surface area contributed by atoms with Crippen LogP contribution >= 0.6 is 11.3 Å². The van der Waals surface area contributed by atoms with Crippen molar-refractivity contribution in [2.75, 3.05) is 6.54 Å². The second-order valence-corrected chi connectivity index (χ2v) is 6.63. The molecule has 1 aromatic rings. The normalized spacial score (nSPS) is 32.3. The molecule has 2 nitrogen and oxygen atoms in total. The maximum atomic E-state index is 12.5. The van der Waals surface area contributed by atoms with E-state index < -0.39 is 0 Å². The van der Waals surface area contributed by atoms with Gasteiger partial charge in [-0.3, -0.25) is 4.79 Å². The molecule has 18 heavy (non-hydrogen) atoms. The smallest absolute Gasteiger partial charge is 0.168 e. The summed E-state index contributed by atoms with van der Waals surface area (Å²) in [6.07, 6.45) is 5.85. The first-order chi connectivity index (χ1) is 8.79. The van der Waals surface area contributed by atoms with Crippen LogP contribution in [0.1, 0.15) is 47.8 Å². The molecule has 1 saturated heterocycles. The lowest BCUT2D eigenvalue weighted by Gasteiger charge is -2.36. The van der Waals surface area contributed by atoms with E-state index in [-0.39, 0.29) is 5.92 Å². The van der Waals surface area contributed by atoms with Gasteiger partial charge in [-0.05, 0) is 49.6 Å². The molecule has 0 bridgehead atoms. The van der Waals surface area contributed by atoms with Crippen molar-refractivity contribution < 1.29 is 4.79 Å². The van der Waals surface area contributed by atoms with Crippen LogP contribution < -0.4 is 5.32 Å². The Balaban J connectivity index is 1.76. The van der Waals surface area contributed by atoms with Crippen molar-refractivity contribution >= 4 is 17.1 Å². The van der Waals surface area contributed by atoms with Crippen LogP contribution in [0.3, 0.4) is 0 Å². The van der Waals surface area contributed by atoms with E-state index in [4.69, 9.17) is 0 Å². The van der Waals surface area contributed by atoms with Crippen molar-refractivity contribution in [3.05, 3.63) is 21.9 Å². The van der Waals surface area contributed by atoms with E-state index in [1.54, 1.807) is 11.3 Å². The summed E-state index contributed by atoms with van der Waals surface area (Å²) in [4.78, 5) is 13.8. The van der Waals surface area contributed by atoms with E-state index in [1.165, 1.54) is 24.1 Å². The van der Waals surface area contributed by atoms with E-state index in [0.29, 0.717) is 11.8 Å². The number of piperidine rings is 1. The maximum absolute atomic E-state index is 12.5. The maximum Gasteiger partial charge on any atom is 0.168 e. The molecule has 3 rings (SSSR count). The molecule has 1 aromatic heterocycles. The van der Waals surface area contributed by atoms with Gasteiger partial charge in [0.2, 0.25) is 0 Å². The third-order valence-corrected chi connectivity index (χ3v) is 5.62. The van der Waals surface area contributed by atoms with E-state index in [1.807, 2.05) is 6.07 Å². The predicted molar refractivity (Wildman–Crippen MR) is 75.3 cm³/mol. The Labute approximate surface area is 113 Å². The highest BCUT2D eigenvalue weighted by Crippen LogP contribution is 2.34. The van der Waals surface area contributed by atoms with Gasteiger partial charge in [0.15, 0.2) is 5.78 Å². The van der Waals surface area contributed by atoms with Gasteiger partial charge in [0, 0.05) is 22.4 Å². The average Bonchev–Trinajstić information content (AvgIpc) is 2.88. The van der Waals surface area contributed by atoms with Crippen LogP contribution in [0.5, 0.6) is 0 Å². The lowest BCUT2D eigenvalue weighted by molar-refractivity contribution is 0.0840. The molecular weight excluding hydrogens is 242 g/mol. The Bertz CT molecular complexity index is 439. The minimum absolute atomic E-state index is 0.224. The molecular formula is C15H21NOS. The van der Waals surface area contributed by atoms with Crippen molar-refractivity contribution in [1.82, 2.24) is 5.32 Å². The van der Waals surface area contributed by atoms with Crippen LogP contribution in [0.4, 0.5) is 0 Å². The fourth-order valence-electron chi connectivity index (χ4n) is 3.47. The van der Waals surface area contributed by atoms with Crippen LogP contribution in [0, 0.1) is 11.8 Å². The second-order valence-electron chi connectivity index (χ2n) is 5.63. The SMILES string of the molecule is CCC1CCNC(C2CCc3sccc3C2=O)C1. The van der Waals surface area contributed by atoms with Crippen molar-refractivity contribution in [3.63, 3.8) is 0 Å². The predicted octanol–water partition coefficient (Wildman–Crippen LogP) is 3.27. The number of hydrogen-bond donors (Lipinski definition) is 1. The Kier molecular flexibility index (Phi) is 3.53. The topological polar surface area (TPSA) is 29.1 Å². The van der Waals surface area contributed by atoms with Crippen LogP contribution in [0.15, 0.2) is 11.4 Å². The van der Waals surface area contributed by atoms with Crippen molar-refractivity contribution in [2.45, 2.75) is 45.1 Å². The molecule has 3 unspecified atom stereocenters. The fourth-order valence-corrected chi connectivity index (χ4v) is 4.37. The Morgan fingerprint density at radius 1 is 1.44 bits per heavy atom. The van der Waals surface area contributed by atoms with Crippen molar-refractivity contribution in [3.8, 4) is 0 Å². The van der Waals surface area contributed by atoms with Crippen LogP contribution in [0.25, 0.3) is 0 Å². The Hall–Kier alpha value is -0.670. The third-order valence-electron chi connectivity index (χ3n) is 4.64. The number of carbonyl (C=O) groups excluding carboxylic acids is 1. The Morgan fingerprint density at radius 3 is 3.17 bits per heavy atom. The number of carbonyl (C=O) groups is 1. The summed E-state index contributed by atoms with van der Waals surface area (Å²) in [6.45, 7) is 3.36. The zero-order valence-corrected chi connectivity index (χ0v) is 11.8. The first kappa shape index (κ1) is 12.4. The largest absolute Gasteiger partial charge is 0.313 e. The number of thiophene rings is 1. The molecule has 0 spiro atoms. The van der Waals surface area contributed by atoms with Gasteiger partial charge in [-0.2, -0.15) is 0 Å². The molecule has 2 aliphatic rings. The summed E-state index contributed by atoms with van der Waals surface area (Å²) in [6, 6.07) is 2.44. The molecule has 1 N–H and O–H groups in total. The zero-order valence-electron chi connectivity index (χ0n) is 10.9. The molecule has 3 heteroatoms. The summed E-state index contributed by atoms with van der Waals surface area (Å²) < 4.78 is 0. The van der Waals surface area contributed by atoms with Gasteiger partial charge < -0.3 is 5.32 Å². The quantitative estimate of drug-likeness (QED) is 0.887. The van der Waals surface area contributed by atoms with Gasteiger partial charge in [0.05, 0.1) is 0 Å². The Morgan fingerprint density at radius 2 is 2.33 bits per heavy atom. The van der Waals surface area contributed by atoms with Gasteiger partial charge in [-0.1, -0.05) is 13.3 Å². The summed E-state index contributed by atoms with van der Waals surface area (Å²) in [5, 5.41) is 5.65. The van der Waals surface area contributed by atoms with E-state index in [9.17, 15) is 4.79 Å². The highest BCUT2D eigenvalue weighted by atomic mass is 32.1. The molecule has 0 amide bonds. The highest BCUT2D eigenvalue weighted by Gasteiger charge is 2.36. The number of nitrogens with one attached hydrogen (secondary N) is 1. The van der Waals surface area contributed by atoms with Gasteiger partial charge in [0.25, 0.3) is 0 Å². The lowest BCUT2D eigenvalue weighted by atomic mass is 9.76. The highest BCUT2D eigenvalue weighted by molar-refractivity contribution is 7.10. The standard InChI is InChI=1S/C15H21NOS/c1-2-10-5-7-16-13(9-10)11-3-4-14-12(15(11)17)6-8-18-14/h6,8,10-11,13,16H,2-5,7,9H2,1H3. The zero-order chi connectivity index (χ0) is 12.5. The van der Waals surface area contributed by atoms with Crippen LogP contribution in [0.2, 0.25) is 0 Å². The lowest BCUT2D eigenvalue weighted by Crippen LogP contribution is -2.46. The van der Waals surface area contributed by atoms with Gasteiger partial charge in [-0.15, -0.1) is 11.3 Å². The molecule has 0 aromatic carbocycles. The van der Waals surface area contributed by atoms with Gasteiger partial charge in [0.1, 0.15) is 0 Å². The van der Waals surface area contributed by atoms with Gasteiger partial charge in [-0.25, -0.2) is 0 Å². The molecule has 1 aliphatic heterocycles. The minimum atomic E-state index is 0.224. The first-order valence-electron chi connectivity index (χ1n) is 7.13. The number of ketones is 1. The van der Waals surface area contributed by atoms with E-state index >= 15 is 0 Å². The summed E-state index contributed by atoms with van der Waals surface area (Å²) >= 11 is 1.74. The van der Waals surface area contributed by atoms with Gasteiger partial charge >= 0.3 is 0 Å². The van der Waals surface area contributed by atoms with Crippen LogP contribution in [-0.4, -0.2) is 18.4 Å². The van der Waals surface area contributed by atoms with E-state index in [0.717, 1.165) is 30.9 Å². The third kappa shape index (κ3) is 2.14. The number of fused-ring (bicyclic) bond motifs is 1. The molecule has 3 atom stereocenters.